The molecule has 0 unspecified atom stereocenters. The van der Waals surface area contributed by atoms with Crippen molar-refractivity contribution in [1.82, 2.24) is 24.2 Å². The van der Waals surface area contributed by atoms with E-state index in [4.69, 9.17) is 27.9 Å². The minimum absolute atomic E-state index is 0.0430. The van der Waals surface area contributed by atoms with Crippen LogP contribution in [0.4, 0.5) is 0 Å². The summed E-state index contributed by atoms with van der Waals surface area (Å²) in [5.74, 6) is 0.127. The fraction of sp³-hybridized carbons (Fsp3) is 0.240. The molecule has 4 aromatic rings. The van der Waals surface area contributed by atoms with Gasteiger partial charge in [0.2, 0.25) is 15.9 Å². The molecule has 9 nitrogen and oxygen atoms in total. The summed E-state index contributed by atoms with van der Waals surface area (Å²) in [4.78, 5) is 20.8. The molecule has 0 radical (unpaired) electrons. The molecule has 0 bridgehead atoms. The number of likely N-dealkylation sites (N-methyl/N-ethyl adjacent to an activating group) is 1. The normalized spacial score (nSPS) is 15.9. The van der Waals surface area contributed by atoms with Gasteiger partial charge in [-0.2, -0.15) is 4.31 Å². The second kappa shape index (κ2) is 9.94. The highest BCUT2D eigenvalue weighted by molar-refractivity contribution is 7.89. The van der Waals surface area contributed by atoms with Gasteiger partial charge in [-0.3, -0.25) is 4.79 Å². The summed E-state index contributed by atoms with van der Waals surface area (Å²) in [6.45, 7) is 2.03. The fourth-order valence-electron chi connectivity index (χ4n) is 4.32. The summed E-state index contributed by atoms with van der Waals surface area (Å²) in [6.07, 6.45) is 5.69. The molecule has 2 aromatic carbocycles. The third-order valence-corrected chi connectivity index (χ3v) is 9.17. The van der Waals surface area contributed by atoms with Gasteiger partial charge in [0, 0.05) is 47.7 Å². The van der Waals surface area contributed by atoms with Gasteiger partial charge < -0.3 is 14.6 Å². The average Bonchev–Trinajstić information content (AvgIpc) is 3.37. The van der Waals surface area contributed by atoms with E-state index in [1.807, 2.05) is 35.9 Å². The van der Waals surface area contributed by atoms with E-state index in [9.17, 15) is 13.2 Å². The van der Waals surface area contributed by atoms with Crippen LogP contribution in [0.3, 0.4) is 0 Å². The molecule has 1 amide bonds. The van der Waals surface area contributed by atoms with E-state index in [1.54, 1.807) is 18.6 Å². The molecule has 1 saturated heterocycles. The average molecular weight is 560 g/mol. The number of para-hydroxylation sites is 1. The highest BCUT2D eigenvalue weighted by atomic mass is 35.5. The number of carbonyl (C=O) groups is 1. The lowest BCUT2D eigenvalue weighted by atomic mass is 10.1. The Morgan fingerprint density at radius 3 is 2.73 bits per heavy atom. The Kier molecular flexibility index (Phi) is 6.84. The van der Waals surface area contributed by atoms with Crippen molar-refractivity contribution < 1.29 is 17.9 Å². The van der Waals surface area contributed by atoms with E-state index < -0.39 is 16.1 Å². The minimum Gasteiger partial charge on any atom is -0.487 e. The maximum absolute atomic E-state index is 13.3. The van der Waals surface area contributed by atoms with Crippen LogP contribution in [0, 0.1) is 6.92 Å². The monoisotopic (exact) mass is 559 g/mol. The number of rotatable bonds is 7. The van der Waals surface area contributed by atoms with E-state index in [0.29, 0.717) is 23.3 Å². The van der Waals surface area contributed by atoms with Gasteiger partial charge in [0.15, 0.2) is 0 Å². The van der Waals surface area contributed by atoms with Crippen LogP contribution < -0.4 is 10.1 Å². The van der Waals surface area contributed by atoms with E-state index in [2.05, 4.69) is 15.3 Å². The van der Waals surface area contributed by atoms with Crippen LogP contribution in [0.1, 0.15) is 17.7 Å². The largest absolute Gasteiger partial charge is 0.487 e. The van der Waals surface area contributed by atoms with Crippen LogP contribution >= 0.6 is 23.2 Å². The first-order valence-corrected chi connectivity index (χ1v) is 13.6. The molecule has 192 valence electrons. The molecule has 3 heterocycles. The van der Waals surface area contributed by atoms with Crippen LogP contribution in [-0.2, 0) is 21.4 Å². The van der Waals surface area contributed by atoms with Crippen molar-refractivity contribution in [2.45, 2.75) is 30.9 Å². The molecule has 5 rings (SSSR count). The van der Waals surface area contributed by atoms with Crippen molar-refractivity contribution >= 4 is 50.0 Å². The summed E-state index contributed by atoms with van der Waals surface area (Å²) >= 11 is 13.0. The first-order valence-electron chi connectivity index (χ1n) is 11.4. The number of nitrogens with zero attached hydrogens (tertiary/aromatic N) is 4. The molecule has 37 heavy (non-hydrogen) atoms. The Hall–Kier alpha value is -3.18. The lowest BCUT2D eigenvalue weighted by molar-refractivity contribution is -0.127. The number of aromatic nitrogens is 3. The molecule has 1 fully saturated rings. The highest BCUT2D eigenvalue weighted by Gasteiger charge is 2.43. The molecule has 0 aliphatic carbocycles. The molecule has 2 aromatic heterocycles. The highest BCUT2D eigenvalue weighted by Crippen LogP contribution is 2.37. The van der Waals surface area contributed by atoms with Gasteiger partial charge >= 0.3 is 0 Å². The molecule has 1 atom stereocenters. The topological polar surface area (TPSA) is 106 Å². The minimum atomic E-state index is -4.03. The number of imidazole rings is 1. The van der Waals surface area contributed by atoms with Gasteiger partial charge in [-0.15, -0.1) is 0 Å². The first-order chi connectivity index (χ1) is 17.7. The molecular weight excluding hydrogens is 537 g/mol. The number of aryl methyl sites for hydroxylation is 1. The van der Waals surface area contributed by atoms with E-state index in [0.717, 1.165) is 21.1 Å². The smallest absolute Gasteiger partial charge is 0.245 e. The van der Waals surface area contributed by atoms with Gasteiger partial charge in [0.05, 0.1) is 17.0 Å². The molecule has 12 heteroatoms. The Morgan fingerprint density at radius 2 is 2.05 bits per heavy atom. The standard InChI is InChI=1S/C25H23Cl2N5O4S/c1-15-12-20(31-11-9-29-14-31)16-4-3-5-21(24(16)30-15)36-13-17-18(26)6-7-22(23(17)27)37(34,35)32-10-8-19(32)25(33)28-2/h3-7,9,11-12,14,19H,8,10,13H2,1-2H3,(H,28,33)/t19-/m0/s1. The lowest BCUT2D eigenvalue weighted by Gasteiger charge is -2.38. The van der Waals surface area contributed by atoms with Crippen molar-refractivity contribution in [3.05, 3.63) is 76.4 Å². The number of amides is 1. The summed E-state index contributed by atoms with van der Waals surface area (Å²) in [5.41, 5.74) is 2.64. The van der Waals surface area contributed by atoms with Crippen molar-refractivity contribution in [1.29, 1.82) is 0 Å². The Balaban J connectivity index is 1.48. The van der Waals surface area contributed by atoms with Crippen LogP contribution in [0.15, 0.2) is 60.0 Å². The van der Waals surface area contributed by atoms with Gasteiger partial charge in [-0.05, 0) is 37.6 Å². The molecular formula is C25H23Cl2N5O4S. The molecule has 1 aliphatic rings. The van der Waals surface area contributed by atoms with Crippen LogP contribution in [-0.4, -0.2) is 52.8 Å². The van der Waals surface area contributed by atoms with E-state index in [1.165, 1.54) is 19.2 Å². The van der Waals surface area contributed by atoms with Crippen LogP contribution in [0.25, 0.3) is 16.6 Å². The zero-order chi connectivity index (χ0) is 26.3. The fourth-order valence-corrected chi connectivity index (χ4v) is 6.82. The van der Waals surface area contributed by atoms with Gasteiger partial charge in [0.25, 0.3) is 0 Å². The third kappa shape index (κ3) is 4.54. The predicted octanol–water partition coefficient (Wildman–Crippen LogP) is 4.12. The zero-order valence-electron chi connectivity index (χ0n) is 20.0. The summed E-state index contributed by atoms with van der Waals surface area (Å²) in [5, 5.41) is 3.57. The van der Waals surface area contributed by atoms with Crippen molar-refractivity contribution in [2.75, 3.05) is 13.6 Å². The van der Waals surface area contributed by atoms with Crippen LogP contribution in [0.2, 0.25) is 10.0 Å². The maximum Gasteiger partial charge on any atom is 0.245 e. The van der Waals surface area contributed by atoms with E-state index >= 15 is 0 Å². The van der Waals surface area contributed by atoms with Crippen molar-refractivity contribution in [3.63, 3.8) is 0 Å². The van der Waals surface area contributed by atoms with Gasteiger partial charge in [-0.25, -0.2) is 18.4 Å². The number of sulfonamides is 1. The van der Waals surface area contributed by atoms with Gasteiger partial charge in [0.1, 0.15) is 28.8 Å². The molecule has 0 saturated carbocycles. The summed E-state index contributed by atoms with van der Waals surface area (Å²) in [7, 11) is -2.55. The second-order valence-corrected chi connectivity index (χ2v) is 11.2. The number of hydrogen-bond acceptors (Lipinski definition) is 6. The third-order valence-electron chi connectivity index (χ3n) is 6.32. The number of pyridine rings is 1. The molecule has 0 spiro atoms. The number of halogens is 2. The quantitative estimate of drug-likeness (QED) is 0.365. The second-order valence-electron chi connectivity index (χ2n) is 8.57. The van der Waals surface area contributed by atoms with Gasteiger partial charge in [-0.1, -0.05) is 35.3 Å². The summed E-state index contributed by atoms with van der Waals surface area (Å²) in [6, 6.07) is 9.57. The van der Waals surface area contributed by atoms with E-state index in [-0.39, 0.29) is 34.0 Å². The molecule has 1 aliphatic heterocycles. The number of carbonyl (C=O) groups excluding carboxylic acids is 1. The Bertz CT molecular complexity index is 1610. The zero-order valence-corrected chi connectivity index (χ0v) is 22.3. The van der Waals surface area contributed by atoms with Crippen molar-refractivity contribution in [2.24, 2.45) is 0 Å². The number of fused-ring (bicyclic) bond motifs is 1. The number of nitrogens with one attached hydrogen (secondary N) is 1. The predicted molar refractivity (Wildman–Crippen MR) is 141 cm³/mol. The van der Waals surface area contributed by atoms with Crippen LogP contribution in [0.5, 0.6) is 5.75 Å². The Labute approximate surface area is 224 Å². The number of hydrogen-bond donors (Lipinski definition) is 1. The Morgan fingerprint density at radius 1 is 1.24 bits per heavy atom. The number of ether oxygens (including phenoxy) is 1. The SMILES string of the molecule is CNC(=O)[C@@H]1CCN1S(=O)(=O)c1ccc(Cl)c(COc2cccc3c(-n4ccnc4)cc(C)nc23)c1Cl. The first kappa shape index (κ1) is 25.5. The molecule has 1 N–H and O–H groups in total. The number of benzene rings is 2. The summed E-state index contributed by atoms with van der Waals surface area (Å²) < 4.78 is 35.8. The van der Waals surface area contributed by atoms with Crippen molar-refractivity contribution in [3.8, 4) is 11.4 Å². The lowest BCUT2D eigenvalue weighted by Crippen LogP contribution is -2.57. The maximum atomic E-state index is 13.3.